The van der Waals surface area contributed by atoms with E-state index in [1.807, 2.05) is 0 Å². The van der Waals surface area contributed by atoms with E-state index in [1.54, 1.807) is 0 Å². The predicted molar refractivity (Wildman–Crippen MR) is 84.9 cm³/mol. The van der Waals surface area contributed by atoms with Crippen LogP contribution >= 0.6 is 23.1 Å². The first kappa shape index (κ1) is 15.1. The summed E-state index contributed by atoms with van der Waals surface area (Å²) >= 11 is 2.68. The summed E-state index contributed by atoms with van der Waals surface area (Å²) in [7, 11) is 0. The van der Waals surface area contributed by atoms with Crippen molar-refractivity contribution in [2.45, 2.75) is 50.4 Å². The van der Waals surface area contributed by atoms with Gasteiger partial charge in [0.15, 0.2) is 4.34 Å². The van der Waals surface area contributed by atoms with E-state index < -0.39 is 5.97 Å². The van der Waals surface area contributed by atoms with E-state index in [0.717, 1.165) is 11.0 Å². The van der Waals surface area contributed by atoms with Gasteiger partial charge in [-0.3, -0.25) is 4.79 Å². The largest absolute Gasteiger partial charge is 0.481 e. The second-order valence-corrected chi connectivity index (χ2v) is 9.25. The third-order valence-corrected chi connectivity index (χ3v) is 7.24. The number of carboxylic acids is 1. The Morgan fingerprint density at radius 2 is 2.24 bits per heavy atom. The highest BCUT2D eigenvalue weighted by Crippen LogP contribution is 2.63. The smallest absolute Gasteiger partial charge is 0.313 e. The average Bonchev–Trinajstić information content (AvgIpc) is 3.04. The van der Waals surface area contributed by atoms with E-state index in [1.165, 1.54) is 42.4 Å². The van der Waals surface area contributed by atoms with Crippen molar-refractivity contribution in [3.63, 3.8) is 0 Å². The lowest BCUT2D eigenvalue weighted by atomic mass is 9.68. The van der Waals surface area contributed by atoms with E-state index in [4.69, 9.17) is 5.11 Å². The summed E-state index contributed by atoms with van der Waals surface area (Å²) in [6.07, 6.45) is 3.90. The van der Waals surface area contributed by atoms with Gasteiger partial charge in [0, 0.05) is 6.04 Å². The number of aromatic nitrogens is 2. The minimum absolute atomic E-state index is 0.0311. The third kappa shape index (κ3) is 2.65. The van der Waals surface area contributed by atoms with Crippen molar-refractivity contribution >= 4 is 34.2 Å². The normalized spacial score (nSPS) is 33.3. The van der Waals surface area contributed by atoms with Crippen molar-refractivity contribution in [1.29, 1.82) is 0 Å². The molecule has 116 valence electrons. The average molecular weight is 327 g/mol. The molecule has 2 fully saturated rings. The van der Waals surface area contributed by atoms with Crippen LogP contribution in [-0.2, 0) is 4.79 Å². The molecule has 1 heterocycles. The maximum absolute atomic E-state index is 10.6. The maximum Gasteiger partial charge on any atom is 0.313 e. The monoisotopic (exact) mass is 327 g/mol. The van der Waals surface area contributed by atoms with Crippen molar-refractivity contribution in [3.05, 3.63) is 0 Å². The number of hydrogen-bond donors (Lipinski definition) is 2. The summed E-state index contributed by atoms with van der Waals surface area (Å²) in [6, 6.07) is 0.411. The molecule has 5 nitrogen and oxygen atoms in total. The molecule has 0 radical (unpaired) electrons. The number of carboxylic acid groups (broad SMARTS) is 1. The van der Waals surface area contributed by atoms with Crippen LogP contribution in [0.25, 0.3) is 0 Å². The van der Waals surface area contributed by atoms with E-state index in [2.05, 4.69) is 36.3 Å². The number of nitrogens with one attached hydrogen (secondary N) is 1. The molecule has 1 aromatic heterocycles. The van der Waals surface area contributed by atoms with Crippen molar-refractivity contribution in [3.8, 4) is 0 Å². The van der Waals surface area contributed by atoms with Gasteiger partial charge in [-0.05, 0) is 36.0 Å². The molecule has 3 atom stereocenters. The molecule has 21 heavy (non-hydrogen) atoms. The molecule has 2 bridgehead atoms. The van der Waals surface area contributed by atoms with Crippen LogP contribution in [-0.4, -0.2) is 33.1 Å². The summed E-state index contributed by atoms with van der Waals surface area (Å²) in [5.74, 6) is -0.0104. The van der Waals surface area contributed by atoms with Crippen molar-refractivity contribution in [2.24, 2.45) is 16.7 Å². The number of fused-ring (bicyclic) bond motifs is 2. The lowest BCUT2D eigenvalue weighted by Crippen LogP contribution is -2.45. The molecule has 1 aromatic rings. The molecule has 2 aliphatic carbocycles. The molecule has 2 saturated carbocycles. The van der Waals surface area contributed by atoms with Gasteiger partial charge in [-0.1, -0.05) is 43.9 Å². The van der Waals surface area contributed by atoms with E-state index in [9.17, 15) is 4.79 Å². The zero-order valence-electron chi connectivity index (χ0n) is 12.5. The maximum atomic E-state index is 10.6. The highest BCUT2D eigenvalue weighted by atomic mass is 32.2. The van der Waals surface area contributed by atoms with E-state index in [-0.39, 0.29) is 11.2 Å². The molecule has 0 spiro atoms. The van der Waals surface area contributed by atoms with Crippen LogP contribution in [0.15, 0.2) is 4.34 Å². The molecular weight excluding hydrogens is 306 g/mol. The lowest BCUT2D eigenvalue weighted by molar-refractivity contribution is -0.133. The first-order valence-corrected chi connectivity index (χ1v) is 9.06. The first-order chi connectivity index (χ1) is 9.81. The van der Waals surface area contributed by atoms with Gasteiger partial charge in [-0.2, -0.15) is 0 Å². The Kier molecular flexibility index (Phi) is 3.68. The van der Waals surface area contributed by atoms with Gasteiger partial charge >= 0.3 is 5.97 Å². The van der Waals surface area contributed by atoms with Crippen LogP contribution in [0.3, 0.4) is 0 Å². The van der Waals surface area contributed by atoms with Crippen LogP contribution in [0.2, 0.25) is 0 Å². The number of rotatable bonds is 5. The van der Waals surface area contributed by atoms with Crippen LogP contribution in [0, 0.1) is 16.7 Å². The zero-order chi connectivity index (χ0) is 15.3. The predicted octanol–water partition coefficient (Wildman–Crippen LogP) is 3.34. The third-order valence-electron chi connectivity index (χ3n) is 5.26. The number of carbonyl (C=O) groups is 1. The van der Waals surface area contributed by atoms with Crippen molar-refractivity contribution in [2.75, 3.05) is 11.1 Å². The van der Waals surface area contributed by atoms with Crippen LogP contribution in [0.1, 0.15) is 40.0 Å². The number of anilines is 1. The van der Waals surface area contributed by atoms with E-state index >= 15 is 0 Å². The first-order valence-electron chi connectivity index (χ1n) is 7.26. The van der Waals surface area contributed by atoms with Crippen LogP contribution < -0.4 is 5.32 Å². The fraction of sp³-hybridized carbons (Fsp3) is 0.786. The van der Waals surface area contributed by atoms with Gasteiger partial charge < -0.3 is 10.4 Å². The summed E-state index contributed by atoms with van der Waals surface area (Å²) in [6.45, 7) is 7.07. The summed E-state index contributed by atoms with van der Waals surface area (Å²) in [4.78, 5) is 10.6. The van der Waals surface area contributed by atoms with Gasteiger partial charge in [0.2, 0.25) is 5.13 Å². The van der Waals surface area contributed by atoms with Gasteiger partial charge in [-0.25, -0.2) is 0 Å². The molecule has 3 unspecified atom stereocenters. The standard InChI is InChI=1S/C14H21N3O2S2/c1-13(2)8-4-5-14(3,6-8)10(13)15-11-16-17-12(21-11)20-7-9(18)19/h8,10H,4-7H2,1-3H3,(H,15,16)(H,18,19). The van der Waals surface area contributed by atoms with Gasteiger partial charge in [0.25, 0.3) is 0 Å². The highest BCUT2D eigenvalue weighted by Gasteiger charge is 2.59. The van der Waals surface area contributed by atoms with Gasteiger partial charge in [-0.15, -0.1) is 10.2 Å². The number of hydrogen-bond acceptors (Lipinski definition) is 6. The minimum Gasteiger partial charge on any atom is -0.481 e. The molecule has 0 aliphatic heterocycles. The molecule has 0 aromatic carbocycles. The molecule has 0 amide bonds. The second-order valence-electron chi connectivity index (χ2n) is 7.05. The molecule has 3 rings (SSSR count). The zero-order valence-corrected chi connectivity index (χ0v) is 14.2. The van der Waals surface area contributed by atoms with Crippen LogP contribution in [0.5, 0.6) is 0 Å². The second kappa shape index (κ2) is 5.12. The Hall–Kier alpha value is -0.820. The number of aliphatic carboxylic acids is 1. The number of nitrogens with zero attached hydrogens (tertiary/aromatic N) is 2. The molecule has 2 aliphatic rings. The quantitative estimate of drug-likeness (QED) is 0.808. The topological polar surface area (TPSA) is 75.1 Å². The fourth-order valence-electron chi connectivity index (χ4n) is 4.24. The van der Waals surface area contributed by atoms with Gasteiger partial charge in [0.05, 0.1) is 5.75 Å². The summed E-state index contributed by atoms with van der Waals surface area (Å²) in [5.41, 5.74) is 0.612. The Morgan fingerprint density at radius 3 is 2.86 bits per heavy atom. The molecule has 7 heteroatoms. The van der Waals surface area contributed by atoms with Gasteiger partial charge in [0.1, 0.15) is 0 Å². The fourth-order valence-corrected chi connectivity index (χ4v) is 5.74. The van der Waals surface area contributed by atoms with Crippen molar-refractivity contribution < 1.29 is 9.90 Å². The Labute approximate surface area is 132 Å². The molecule has 0 saturated heterocycles. The number of thioether (sulfide) groups is 1. The Morgan fingerprint density at radius 1 is 1.48 bits per heavy atom. The highest BCUT2D eigenvalue weighted by molar-refractivity contribution is 8.01. The summed E-state index contributed by atoms with van der Waals surface area (Å²) in [5, 5.41) is 21.4. The van der Waals surface area contributed by atoms with Crippen LogP contribution in [0.4, 0.5) is 5.13 Å². The minimum atomic E-state index is -0.827. The molecular formula is C14H21N3O2S2. The van der Waals surface area contributed by atoms with Crippen molar-refractivity contribution in [1.82, 2.24) is 10.2 Å². The SMILES string of the molecule is CC12CCC(C1)C(C)(C)C2Nc1nnc(SCC(=O)O)s1. The molecule has 2 N–H and O–H groups in total. The Balaban J connectivity index is 1.70. The summed E-state index contributed by atoms with van der Waals surface area (Å²) < 4.78 is 0.714. The lowest BCUT2D eigenvalue weighted by Gasteiger charge is -2.42. The van der Waals surface area contributed by atoms with E-state index in [0.29, 0.717) is 15.8 Å². The Bertz CT molecular complexity index is 555.